The monoisotopic (exact) mass is 182 g/mol. The SMILES string of the molecule is CCCCC=CC(=O)CCCCC. The van der Waals surface area contributed by atoms with Crippen LogP contribution in [0.25, 0.3) is 0 Å². The molecule has 0 aliphatic heterocycles. The highest BCUT2D eigenvalue weighted by Crippen LogP contribution is 2.01. The minimum atomic E-state index is 0.296. The predicted molar refractivity (Wildman–Crippen MR) is 57.8 cm³/mol. The minimum absolute atomic E-state index is 0.296. The predicted octanol–water partition coefficient (Wildman–Crippen LogP) is 3.88. The van der Waals surface area contributed by atoms with Crippen molar-refractivity contribution in [3.63, 3.8) is 0 Å². The number of rotatable bonds is 8. The van der Waals surface area contributed by atoms with E-state index in [1.54, 1.807) is 6.08 Å². The van der Waals surface area contributed by atoms with E-state index in [4.69, 9.17) is 0 Å². The zero-order valence-electron chi connectivity index (χ0n) is 9.01. The van der Waals surface area contributed by atoms with Crippen molar-refractivity contribution in [2.24, 2.45) is 0 Å². The summed E-state index contributed by atoms with van der Waals surface area (Å²) in [6.07, 6.45) is 11.4. The normalized spacial score (nSPS) is 10.9. The third-order valence-corrected chi connectivity index (χ3v) is 2.05. The molecule has 0 atom stereocenters. The summed E-state index contributed by atoms with van der Waals surface area (Å²) in [5.41, 5.74) is 0. The van der Waals surface area contributed by atoms with Crippen LogP contribution in [0.1, 0.15) is 58.8 Å². The molecule has 1 heteroatoms. The molecule has 0 rings (SSSR count). The highest BCUT2D eigenvalue weighted by molar-refractivity contribution is 5.89. The summed E-state index contributed by atoms with van der Waals surface area (Å²) in [5.74, 6) is 0.296. The third kappa shape index (κ3) is 9.32. The van der Waals surface area contributed by atoms with Gasteiger partial charge in [0.1, 0.15) is 0 Å². The van der Waals surface area contributed by atoms with Gasteiger partial charge < -0.3 is 0 Å². The van der Waals surface area contributed by atoms with Crippen molar-refractivity contribution in [3.05, 3.63) is 12.2 Å². The van der Waals surface area contributed by atoms with Crippen LogP contribution in [-0.2, 0) is 4.79 Å². The van der Waals surface area contributed by atoms with E-state index < -0.39 is 0 Å². The molecule has 0 heterocycles. The van der Waals surface area contributed by atoms with Gasteiger partial charge in [0.15, 0.2) is 5.78 Å². The van der Waals surface area contributed by atoms with Crippen LogP contribution in [0, 0.1) is 0 Å². The van der Waals surface area contributed by atoms with Crippen molar-refractivity contribution in [2.45, 2.75) is 58.8 Å². The summed E-state index contributed by atoms with van der Waals surface area (Å²) in [4.78, 5) is 11.2. The van der Waals surface area contributed by atoms with Gasteiger partial charge in [-0.15, -0.1) is 0 Å². The van der Waals surface area contributed by atoms with E-state index in [0.29, 0.717) is 5.78 Å². The van der Waals surface area contributed by atoms with Crippen LogP contribution in [-0.4, -0.2) is 5.78 Å². The summed E-state index contributed by atoms with van der Waals surface area (Å²) in [6, 6.07) is 0. The lowest BCUT2D eigenvalue weighted by molar-refractivity contribution is -0.114. The fraction of sp³-hybridized carbons (Fsp3) is 0.750. The van der Waals surface area contributed by atoms with Gasteiger partial charge in [-0.05, 0) is 18.9 Å². The Morgan fingerprint density at radius 1 is 1.08 bits per heavy atom. The van der Waals surface area contributed by atoms with Crippen LogP contribution in [0.2, 0.25) is 0 Å². The van der Waals surface area contributed by atoms with Crippen molar-refractivity contribution in [1.29, 1.82) is 0 Å². The van der Waals surface area contributed by atoms with E-state index in [-0.39, 0.29) is 0 Å². The average molecular weight is 182 g/mol. The van der Waals surface area contributed by atoms with Gasteiger partial charge in [0.2, 0.25) is 0 Å². The number of ketones is 1. The minimum Gasteiger partial charge on any atom is -0.295 e. The van der Waals surface area contributed by atoms with Crippen LogP contribution < -0.4 is 0 Å². The Labute approximate surface area is 82.2 Å². The average Bonchev–Trinajstić information content (AvgIpc) is 2.13. The molecule has 0 aliphatic carbocycles. The molecule has 76 valence electrons. The van der Waals surface area contributed by atoms with Crippen LogP contribution in [0.4, 0.5) is 0 Å². The Morgan fingerprint density at radius 3 is 2.38 bits per heavy atom. The number of hydrogen-bond acceptors (Lipinski definition) is 1. The van der Waals surface area contributed by atoms with Gasteiger partial charge in [-0.2, -0.15) is 0 Å². The molecule has 0 bridgehead atoms. The lowest BCUT2D eigenvalue weighted by Gasteiger charge is -1.94. The Hall–Kier alpha value is -0.590. The van der Waals surface area contributed by atoms with Crippen molar-refractivity contribution in [3.8, 4) is 0 Å². The third-order valence-electron chi connectivity index (χ3n) is 2.05. The molecule has 0 saturated heterocycles. The van der Waals surface area contributed by atoms with E-state index in [9.17, 15) is 4.79 Å². The summed E-state index contributed by atoms with van der Waals surface area (Å²) < 4.78 is 0. The molecule has 1 nitrogen and oxygen atoms in total. The summed E-state index contributed by atoms with van der Waals surface area (Å²) in [7, 11) is 0. The molecular weight excluding hydrogens is 160 g/mol. The van der Waals surface area contributed by atoms with Gasteiger partial charge >= 0.3 is 0 Å². The molecule has 0 radical (unpaired) electrons. The van der Waals surface area contributed by atoms with E-state index in [1.165, 1.54) is 25.7 Å². The standard InChI is InChI=1S/C12H22O/c1-3-5-7-9-11-12(13)10-8-6-4-2/h9,11H,3-8,10H2,1-2H3. The first-order chi connectivity index (χ1) is 6.31. The Kier molecular flexibility index (Phi) is 9.07. The zero-order chi connectivity index (χ0) is 9.94. The second-order valence-corrected chi connectivity index (χ2v) is 3.47. The first-order valence-electron chi connectivity index (χ1n) is 5.50. The smallest absolute Gasteiger partial charge is 0.155 e. The highest BCUT2D eigenvalue weighted by Gasteiger charge is 1.94. The molecule has 0 fully saturated rings. The van der Waals surface area contributed by atoms with Gasteiger partial charge in [-0.1, -0.05) is 45.6 Å². The van der Waals surface area contributed by atoms with Crippen LogP contribution >= 0.6 is 0 Å². The van der Waals surface area contributed by atoms with Crippen LogP contribution in [0.5, 0.6) is 0 Å². The Balaban J connectivity index is 3.33. The maximum Gasteiger partial charge on any atom is 0.155 e. The number of carbonyl (C=O) groups is 1. The zero-order valence-corrected chi connectivity index (χ0v) is 9.01. The molecule has 13 heavy (non-hydrogen) atoms. The maximum absolute atomic E-state index is 11.2. The Bertz CT molecular complexity index is 147. The first-order valence-corrected chi connectivity index (χ1v) is 5.50. The number of unbranched alkanes of at least 4 members (excludes halogenated alkanes) is 4. The quantitative estimate of drug-likeness (QED) is 0.411. The van der Waals surface area contributed by atoms with E-state index in [2.05, 4.69) is 13.8 Å². The summed E-state index contributed by atoms with van der Waals surface area (Å²) >= 11 is 0. The topological polar surface area (TPSA) is 17.1 Å². The Morgan fingerprint density at radius 2 is 1.77 bits per heavy atom. The first kappa shape index (κ1) is 12.4. The number of carbonyl (C=O) groups excluding carboxylic acids is 1. The van der Waals surface area contributed by atoms with E-state index >= 15 is 0 Å². The van der Waals surface area contributed by atoms with Crippen molar-refractivity contribution in [1.82, 2.24) is 0 Å². The summed E-state index contributed by atoms with van der Waals surface area (Å²) in [5, 5.41) is 0. The maximum atomic E-state index is 11.2. The van der Waals surface area contributed by atoms with Crippen molar-refractivity contribution < 1.29 is 4.79 Å². The molecule has 0 aromatic carbocycles. The van der Waals surface area contributed by atoms with Crippen LogP contribution in [0.15, 0.2) is 12.2 Å². The lowest BCUT2D eigenvalue weighted by Crippen LogP contribution is -1.91. The molecule has 0 saturated carbocycles. The fourth-order valence-electron chi connectivity index (χ4n) is 1.17. The molecule has 0 unspecified atom stereocenters. The second kappa shape index (κ2) is 9.50. The van der Waals surface area contributed by atoms with Gasteiger partial charge in [0, 0.05) is 6.42 Å². The fourth-order valence-corrected chi connectivity index (χ4v) is 1.17. The van der Waals surface area contributed by atoms with Gasteiger partial charge in [0.25, 0.3) is 0 Å². The van der Waals surface area contributed by atoms with E-state index in [1.807, 2.05) is 6.08 Å². The van der Waals surface area contributed by atoms with Gasteiger partial charge in [-0.3, -0.25) is 4.79 Å². The molecule has 0 N–H and O–H groups in total. The molecule has 0 amide bonds. The van der Waals surface area contributed by atoms with Crippen molar-refractivity contribution in [2.75, 3.05) is 0 Å². The molecule has 0 aromatic rings. The van der Waals surface area contributed by atoms with Crippen LogP contribution in [0.3, 0.4) is 0 Å². The van der Waals surface area contributed by atoms with E-state index in [0.717, 1.165) is 19.3 Å². The van der Waals surface area contributed by atoms with Gasteiger partial charge in [0.05, 0.1) is 0 Å². The largest absolute Gasteiger partial charge is 0.295 e. The molecule has 0 spiro atoms. The number of allylic oxidation sites excluding steroid dienone is 2. The molecule has 0 aromatic heterocycles. The second-order valence-electron chi connectivity index (χ2n) is 3.47. The highest BCUT2D eigenvalue weighted by atomic mass is 16.1. The summed E-state index contributed by atoms with van der Waals surface area (Å²) in [6.45, 7) is 4.32. The van der Waals surface area contributed by atoms with Crippen molar-refractivity contribution >= 4 is 5.78 Å². The molecule has 0 aliphatic rings. The van der Waals surface area contributed by atoms with Gasteiger partial charge in [-0.25, -0.2) is 0 Å². The lowest BCUT2D eigenvalue weighted by atomic mass is 10.1. The molecular formula is C12H22O. The number of hydrogen-bond donors (Lipinski definition) is 0.